The van der Waals surface area contributed by atoms with Crippen LogP contribution in [-0.4, -0.2) is 15.0 Å². The van der Waals surface area contributed by atoms with Crippen LogP contribution in [0.4, 0.5) is 0 Å². The second kappa shape index (κ2) is 13.8. The third-order valence-electron chi connectivity index (χ3n) is 11.0. The number of hydrogen-bond donors (Lipinski definition) is 0. The molecule has 0 saturated carbocycles. The van der Waals surface area contributed by atoms with Gasteiger partial charge in [-0.25, -0.2) is 15.0 Å². The van der Waals surface area contributed by atoms with Gasteiger partial charge in [0, 0.05) is 36.9 Å². The highest BCUT2D eigenvalue weighted by Gasteiger charge is 2.21. The molecular formula is C53H33N3S. The highest BCUT2D eigenvalue weighted by molar-refractivity contribution is 7.26. The summed E-state index contributed by atoms with van der Waals surface area (Å²) in [7, 11) is 0. The van der Waals surface area contributed by atoms with Gasteiger partial charge in [0.05, 0.1) is 0 Å². The van der Waals surface area contributed by atoms with Crippen LogP contribution in [0.2, 0.25) is 0 Å². The van der Waals surface area contributed by atoms with Gasteiger partial charge in [-0.3, -0.25) is 0 Å². The molecule has 11 rings (SSSR count). The average Bonchev–Trinajstić information content (AvgIpc) is 3.68. The van der Waals surface area contributed by atoms with Crippen molar-refractivity contribution in [2.75, 3.05) is 0 Å². The van der Waals surface area contributed by atoms with Crippen LogP contribution in [0.1, 0.15) is 0 Å². The number of benzene rings is 9. The molecule has 0 atom stereocenters. The molecule has 0 N–H and O–H groups in total. The van der Waals surface area contributed by atoms with Crippen molar-refractivity contribution in [2.45, 2.75) is 0 Å². The van der Waals surface area contributed by atoms with Crippen LogP contribution in [0, 0.1) is 0 Å². The number of aromatic nitrogens is 3. The molecule has 266 valence electrons. The average molecular weight is 744 g/mol. The Balaban J connectivity index is 1.14. The SMILES string of the molecule is c1ccc(-c2ccc(-c3ccc(-c4ccc5ccccc5c4-c4nc(-c5ccccc5)nc(-c5cccc6c5sc5ccccc56)n4)c4ccccc34)cc2)cc1. The van der Waals surface area contributed by atoms with Gasteiger partial charge in [-0.1, -0.05) is 188 Å². The summed E-state index contributed by atoms with van der Waals surface area (Å²) in [6.45, 7) is 0. The molecule has 3 nitrogen and oxygen atoms in total. The van der Waals surface area contributed by atoms with E-state index in [4.69, 9.17) is 15.0 Å². The summed E-state index contributed by atoms with van der Waals surface area (Å²) in [5.74, 6) is 1.95. The van der Waals surface area contributed by atoms with E-state index in [9.17, 15) is 0 Å². The third-order valence-corrected chi connectivity index (χ3v) is 12.2. The minimum absolute atomic E-state index is 0.645. The van der Waals surface area contributed by atoms with E-state index in [0.717, 1.165) is 38.6 Å². The summed E-state index contributed by atoms with van der Waals surface area (Å²) in [5.41, 5.74) is 9.94. The van der Waals surface area contributed by atoms with Crippen molar-refractivity contribution in [3.63, 3.8) is 0 Å². The Labute approximate surface area is 334 Å². The van der Waals surface area contributed by atoms with E-state index in [0.29, 0.717) is 17.5 Å². The molecule has 11 aromatic rings. The van der Waals surface area contributed by atoms with Crippen LogP contribution < -0.4 is 0 Å². The summed E-state index contributed by atoms with van der Waals surface area (Å²) in [6, 6.07) is 71.1. The van der Waals surface area contributed by atoms with Crippen molar-refractivity contribution in [2.24, 2.45) is 0 Å². The zero-order valence-electron chi connectivity index (χ0n) is 30.8. The molecule has 0 fully saturated rings. The lowest BCUT2D eigenvalue weighted by Crippen LogP contribution is -2.02. The molecule has 0 aliphatic heterocycles. The first-order valence-corrected chi connectivity index (χ1v) is 20.0. The summed E-state index contributed by atoms with van der Waals surface area (Å²) in [6.07, 6.45) is 0. The molecular weight excluding hydrogens is 711 g/mol. The Kier molecular flexibility index (Phi) is 8.01. The number of nitrogens with zero attached hydrogens (tertiary/aromatic N) is 3. The molecule has 2 heterocycles. The molecule has 0 unspecified atom stereocenters. The second-order valence-corrected chi connectivity index (χ2v) is 15.4. The molecule has 2 aromatic heterocycles. The Hall–Kier alpha value is -7.27. The van der Waals surface area contributed by atoms with E-state index < -0.39 is 0 Å². The topological polar surface area (TPSA) is 38.7 Å². The normalized spacial score (nSPS) is 11.5. The van der Waals surface area contributed by atoms with Crippen LogP contribution in [0.5, 0.6) is 0 Å². The lowest BCUT2D eigenvalue weighted by atomic mass is 9.88. The fraction of sp³-hybridized carbons (Fsp3) is 0. The van der Waals surface area contributed by atoms with Gasteiger partial charge in [-0.05, 0) is 67.1 Å². The van der Waals surface area contributed by atoms with Crippen LogP contribution >= 0.6 is 11.3 Å². The van der Waals surface area contributed by atoms with Crippen molar-refractivity contribution in [3.8, 4) is 67.5 Å². The quantitative estimate of drug-likeness (QED) is 0.170. The zero-order valence-corrected chi connectivity index (χ0v) is 31.6. The molecule has 0 aliphatic carbocycles. The highest BCUT2D eigenvalue weighted by atomic mass is 32.1. The van der Waals surface area contributed by atoms with Crippen LogP contribution in [0.15, 0.2) is 200 Å². The first-order valence-electron chi connectivity index (χ1n) is 19.2. The molecule has 57 heavy (non-hydrogen) atoms. The van der Waals surface area contributed by atoms with Gasteiger partial charge in [0.1, 0.15) is 0 Å². The van der Waals surface area contributed by atoms with Crippen molar-refractivity contribution in [1.29, 1.82) is 0 Å². The van der Waals surface area contributed by atoms with Gasteiger partial charge in [-0.2, -0.15) is 0 Å². The van der Waals surface area contributed by atoms with Gasteiger partial charge in [0.25, 0.3) is 0 Å². The third kappa shape index (κ3) is 5.78. The Morgan fingerprint density at radius 1 is 0.281 bits per heavy atom. The molecule has 0 aliphatic rings. The standard InChI is InChI=1S/C53H33N3S/c1-3-14-34(15-4-1)35-26-28-37(29-27-35)39-32-33-43(42-21-10-9-20-41(39)42)45-31-30-36-16-7-8-19-40(36)49(45)53-55-51(38-17-5-2-6-18-38)54-52(56-53)47-24-13-23-46-44-22-11-12-25-48(44)57-50(46)47/h1-33H. The van der Waals surface area contributed by atoms with E-state index in [-0.39, 0.29) is 0 Å². The Bertz CT molecular complexity index is 3280. The Morgan fingerprint density at radius 3 is 1.61 bits per heavy atom. The van der Waals surface area contributed by atoms with Crippen LogP contribution in [0.3, 0.4) is 0 Å². The second-order valence-electron chi connectivity index (χ2n) is 14.3. The minimum atomic E-state index is 0.645. The fourth-order valence-electron chi connectivity index (χ4n) is 8.24. The summed E-state index contributed by atoms with van der Waals surface area (Å²) < 4.78 is 2.42. The maximum absolute atomic E-state index is 5.42. The van der Waals surface area contributed by atoms with Crippen LogP contribution in [0.25, 0.3) is 109 Å². The summed E-state index contributed by atoms with van der Waals surface area (Å²) >= 11 is 1.79. The predicted octanol–water partition coefficient (Wildman–Crippen LogP) is 14.5. The maximum atomic E-state index is 5.42. The van der Waals surface area contributed by atoms with Crippen molar-refractivity contribution < 1.29 is 0 Å². The fourth-order valence-corrected chi connectivity index (χ4v) is 9.45. The minimum Gasteiger partial charge on any atom is -0.208 e. The van der Waals surface area contributed by atoms with E-state index in [1.54, 1.807) is 11.3 Å². The first-order chi connectivity index (χ1) is 28.3. The molecule has 0 spiro atoms. The van der Waals surface area contributed by atoms with Crippen LogP contribution in [-0.2, 0) is 0 Å². The van der Waals surface area contributed by atoms with E-state index in [1.807, 2.05) is 18.2 Å². The maximum Gasteiger partial charge on any atom is 0.165 e. The molecule has 0 amide bonds. The van der Waals surface area contributed by atoms with Gasteiger partial charge in [0.15, 0.2) is 17.5 Å². The molecule has 0 radical (unpaired) electrons. The number of fused-ring (bicyclic) bond motifs is 5. The van der Waals surface area contributed by atoms with E-state index in [1.165, 1.54) is 53.2 Å². The van der Waals surface area contributed by atoms with Crippen molar-refractivity contribution in [1.82, 2.24) is 15.0 Å². The first kappa shape index (κ1) is 33.1. The highest BCUT2D eigenvalue weighted by Crippen LogP contribution is 2.44. The molecule has 9 aromatic carbocycles. The summed E-state index contributed by atoms with van der Waals surface area (Å²) in [4.78, 5) is 15.9. The van der Waals surface area contributed by atoms with Gasteiger partial charge in [0.2, 0.25) is 0 Å². The van der Waals surface area contributed by atoms with Gasteiger partial charge >= 0.3 is 0 Å². The lowest BCUT2D eigenvalue weighted by Gasteiger charge is -2.17. The zero-order chi connectivity index (χ0) is 37.7. The van der Waals surface area contributed by atoms with Gasteiger partial charge < -0.3 is 0 Å². The number of thiophene rings is 1. The summed E-state index contributed by atoms with van der Waals surface area (Å²) in [5, 5.41) is 7.05. The predicted molar refractivity (Wildman–Crippen MR) is 240 cm³/mol. The smallest absolute Gasteiger partial charge is 0.165 e. The van der Waals surface area contributed by atoms with Gasteiger partial charge in [-0.15, -0.1) is 11.3 Å². The molecule has 0 bridgehead atoms. The Morgan fingerprint density at radius 2 is 0.825 bits per heavy atom. The number of rotatable bonds is 6. The molecule has 4 heteroatoms. The van der Waals surface area contributed by atoms with Crippen molar-refractivity contribution >= 4 is 53.1 Å². The van der Waals surface area contributed by atoms with E-state index in [2.05, 4.69) is 182 Å². The monoisotopic (exact) mass is 743 g/mol. The van der Waals surface area contributed by atoms with Crippen molar-refractivity contribution in [3.05, 3.63) is 200 Å². The molecule has 0 saturated heterocycles. The van der Waals surface area contributed by atoms with E-state index >= 15 is 0 Å². The number of hydrogen-bond acceptors (Lipinski definition) is 4. The largest absolute Gasteiger partial charge is 0.208 e. The lowest BCUT2D eigenvalue weighted by molar-refractivity contribution is 1.08.